The van der Waals surface area contributed by atoms with E-state index in [-0.39, 0.29) is 50.7 Å². The number of benzene rings is 2. The van der Waals surface area contributed by atoms with Gasteiger partial charge in [0.1, 0.15) is 33.5 Å². The van der Waals surface area contributed by atoms with Gasteiger partial charge in [0.15, 0.2) is 11.3 Å². The highest BCUT2D eigenvalue weighted by atomic mass is 16.5. The lowest BCUT2D eigenvalue weighted by atomic mass is 9.99. The minimum atomic E-state index is -0.568. The smallest absolute Gasteiger partial charge is 0.211 e. The number of phenols is 1. The molecule has 0 saturated heterocycles. The van der Waals surface area contributed by atoms with Crippen LogP contribution in [-0.2, 0) is 0 Å². The number of hydrogen-bond acceptors (Lipinski definition) is 8. The number of phenolic OH excluding ortho intramolecular Hbond substituents is 1. The maximum absolute atomic E-state index is 13.5. The first-order valence-corrected chi connectivity index (χ1v) is 9.18. The van der Waals surface area contributed by atoms with Crippen molar-refractivity contribution in [2.24, 2.45) is 0 Å². The van der Waals surface area contributed by atoms with Crippen molar-refractivity contribution < 1.29 is 33.2 Å². The van der Waals surface area contributed by atoms with E-state index in [1.54, 1.807) is 18.2 Å². The standard InChI is InChI=1S/C22H22O8/c1-22(2)8-7-10-11(30-22)9-12-13(15(10)23)16(24)14-17(25-3)19(26-4)21(28-6)20(27-5)18(14)29-12/h7-9,23H,1-6H3. The van der Waals surface area contributed by atoms with Gasteiger partial charge >= 0.3 is 0 Å². The van der Waals surface area contributed by atoms with Crippen LogP contribution < -0.4 is 29.1 Å². The van der Waals surface area contributed by atoms with Crippen LogP contribution in [0.3, 0.4) is 0 Å². The lowest BCUT2D eigenvalue weighted by Gasteiger charge is -2.28. The van der Waals surface area contributed by atoms with Crippen LogP contribution in [0.1, 0.15) is 19.4 Å². The van der Waals surface area contributed by atoms with Crippen LogP contribution in [0.5, 0.6) is 34.5 Å². The molecular weight excluding hydrogens is 392 g/mol. The Balaban J connectivity index is 2.23. The highest BCUT2D eigenvalue weighted by Gasteiger charge is 2.31. The predicted molar refractivity (Wildman–Crippen MR) is 112 cm³/mol. The minimum absolute atomic E-state index is 0.00165. The normalized spacial score (nSPS) is 14.3. The summed E-state index contributed by atoms with van der Waals surface area (Å²) in [5, 5.41) is 11.0. The highest BCUT2D eigenvalue weighted by Crippen LogP contribution is 2.51. The summed E-state index contributed by atoms with van der Waals surface area (Å²) in [6.45, 7) is 3.77. The molecule has 2 aromatic carbocycles. The molecule has 8 heteroatoms. The first-order valence-electron chi connectivity index (χ1n) is 9.18. The third-order valence-corrected chi connectivity index (χ3v) is 5.05. The summed E-state index contributed by atoms with van der Waals surface area (Å²) in [4.78, 5) is 13.5. The fourth-order valence-corrected chi connectivity index (χ4v) is 3.71. The number of methoxy groups -OCH3 is 4. The van der Waals surface area contributed by atoms with Gasteiger partial charge in [-0.1, -0.05) is 0 Å². The third-order valence-electron chi connectivity index (χ3n) is 5.05. The van der Waals surface area contributed by atoms with Crippen LogP contribution in [-0.4, -0.2) is 39.1 Å². The number of fused-ring (bicyclic) bond motifs is 3. The van der Waals surface area contributed by atoms with Gasteiger partial charge in [-0.15, -0.1) is 0 Å². The lowest BCUT2D eigenvalue weighted by molar-refractivity contribution is 0.158. The van der Waals surface area contributed by atoms with Crippen molar-refractivity contribution in [2.75, 3.05) is 28.4 Å². The Hall–Kier alpha value is -3.55. The van der Waals surface area contributed by atoms with Gasteiger partial charge in [0, 0.05) is 6.07 Å². The van der Waals surface area contributed by atoms with Crippen molar-refractivity contribution in [1.29, 1.82) is 0 Å². The van der Waals surface area contributed by atoms with Gasteiger partial charge in [0.05, 0.1) is 34.0 Å². The summed E-state index contributed by atoms with van der Waals surface area (Å²) >= 11 is 0. The summed E-state index contributed by atoms with van der Waals surface area (Å²) < 4.78 is 33.8. The molecular formula is C22H22O8. The van der Waals surface area contributed by atoms with Crippen LogP contribution in [0.25, 0.3) is 28.0 Å². The van der Waals surface area contributed by atoms with E-state index in [0.717, 1.165) is 0 Å². The summed E-state index contributed by atoms with van der Waals surface area (Å²) in [5.74, 6) is 0.850. The van der Waals surface area contributed by atoms with E-state index < -0.39 is 11.0 Å². The summed E-state index contributed by atoms with van der Waals surface area (Å²) in [6, 6.07) is 1.58. The molecule has 0 amide bonds. The monoisotopic (exact) mass is 414 g/mol. The second-order valence-electron chi connectivity index (χ2n) is 7.32. The third kappa shape index (κ3) is 2.63. The molecule has 0 bridgehead atoms. The second-order valence-corrected chi connectivity index (χ2v) is 7.32. The van der Waals surface area contributed by atoms with Crippen molar-refractivity contribution in [3.8, 4) is 34.5 Å². The molecule has 0 unspecified atom stereocenters. The molecule has 0 spiro atoms. The fourth-order valence-electron chi connectivity index (χ4n) is 3.71. The van der Waals surface area contributed by atoms with E-state index in [0.29, 0.717) is 11.3 Å². The van der Waals surface area contributed by atoms with Crippen molar-refractivity contribution in [2.45, 2.75) is 19.4 Å². The zero-order valence-electron chi connectivity index (χ0n) is 17.5. The Kier molecular flexibility index (Phi) is 4.45. The second kappa shape index (κ2) is 6.76. The van der Waals surface area contributed by atoms with Crippen LogP contribution >= 0.6 is 0 Å². The lowest BCUT2D eigenvalue weighted by Crippen LogP contribution is -2.27. The summed E-state index contributed by atoms with van der Waals surface area (Å²) in [7, 11) is 5.69. The molecule has 2 heterocycles. The number of hydrogen-bond donors (Lipinski definition) is 1. The molecule has 1 aromatic heterocycles. The van der Waals surface area contributed by atoms with E-state index in [9.17, 15) is 9.90 Å². The van der Waals surface area contributed by atoms with Gasteiger partial charge < -0.3 is 33.2 Å². The number of ether oxygens (including phenoxy) is 5. The Bertz CT molecular complexity index is 1270. The van der Waals surface area contributed by atoms with Crippen LogP contribution in [0.15, 0.2) is 21.4 Å². The zero-order valence-corrected chi connectivity index (χ0v) is 17.5. The van der Waals surface area contributed by atoms with E-state index in [1.165, 1.54) is 28.4 Å². The molecule has 30 heavy (non-hydrogen) atoms. The average Bonchev–Trinajstić information content (AvgIpc) is 2.70. The molecule has 0 radical (unpaired) electrons. The molecule has 8 nitrogen and oxygen atoms in total. The Morgan fingerprint density at radius 2 is 1.50 bits per heavy atom. The predicted octanol–water partition coefficient (Wildman–Crippen LogP) is 3.87. The Labute approximate surface area is 172 Å². The SMILES string of the molecule is COc1c(OC)c(OC)c2c(=O)c3c(O)c4c(cc3oc2c1OC)OC(C)(C)C=C4. The molecule has 0 atom stereocenters. The van der Waals surface area contributed by atoms with Gasteiger partial charge in [0.25, 0.3) is 0 Å². The fraction of sp³-hybridized carbons (Fsp3) is 0.318. The van der Waals surface area contributed by atoms with Crippen molar-refractivity contribution in [3.05, 3.63) is 27.9 Å². The largest absolute Gasteiger partial charge is 0.506 e. The van der Waals surface area contributed by atoms with Crippen LogP contribution in [0, 0.1) is 0 Å². The van der Waals surface area contributed by atoms with Crippen molar-refractivity contribution in [1.82, 2.24) is 0 Å². The first-order chi connectivity index (χ1) is 14.3. The maximum Gasteiger partial charge on any atom is 0.211 e. The molecule has 1 aliphatic heterocycles. The first kappa shape index (κ1) is 19.8. The van der Waals surface area contributed by atoms with E-state index in [4.69, 9.17) is 28.1 Å². The van der Waals surface area contributed by atoms with Crippen molar-refractivity contribution >= 4 is 28.0 Å². The van der Waals surface area contributed by atoms with Gasteiger partial charge in [0.2, 0.25) is 22.7 Å². The topological polar surface area (TPSA) is 96.6 Å². The molecule has 3 aromatic rings. The van der Waals surface area contributed by atoms with Gasteiger partial charge in [-0.2, -0.15) is 0 Å². The Morgan fingerprint density at radius 1 is 0.900 bits per heavy atom. The van der Waals surface area contributed by atoms with Crippen LogP contribution in [0.2, 0.25) is 0 Å². The quantitative estimate of drug-likeness (QED) is 0.643. The molecule has 158 valence electrons. The average molecular weight is 414 g/mol. The van der Waals surface area contributed by atoms with Gasteiger partial charge in [-0.25, -0.2) is 0 Å². The molecule has 4 rings (SSSR count). The molecule has 0 aliphatic carbocycles. The van der Waals surface area contributed by atoms with Crippen LogP contribution in [0.4, 0.5) is 0 Å². The van der Waals surface area contributed by atoms with Gasteiger partial charge in [-0.3, -0.25) is 4.79 Å². The number of rotatable bonds is 4. The summed E-state index contributed by atoms with van der Waals surface area (Å²) in [5.41, 5.74) is -0.417. The molecule has 1 N–H and O–H groups in total. The zero-order chi connectivity index (χ0) is 21.8. The van der Waals surface area contributed by atoms with E-state index in [1.807, 2.05) is 13.8 Å². The molecule has 0 saturated carbocycles. The van der Waals surface area contributed by atoms with Gasteiger partial charge in [-0.05, 0) is 26.0 Å². The maximum atomic E-state index is 13.5. The van der Waals surface area contributed by atoms with E-state index in [2.05, 4.69) is 0 Å². The van der Waals surface area contributed by atoms with E-state index >= 15 is 0 Å². The van der Waals surface area contributed by atoms with Crippen molar-refractivity contribution in [3.63, 3.8) is 0 Å². The molecule has 1 aliphatic rings. The summed E-state index contributed by atoms with van der Waals surface area (Å²) in [6.07, 6.45) is 3.53. The minimum Gasteiger partial charge on any atom is -0.506 e. The number of aromatic hydroxyl groups is 1. The highest BCUT2D eigenvalue weighted by molar-refractivity contribution is 6.03. The molecule has 0 fully saturated rings. The Morgan fingerprint density at radius 3 is 2.10 bits per heavy atom.